The normalized spacial score (nSPS) is 19.1. The molecule has 0 spiro atoms. The zero-order chi connectivity index (χ0) is 22.2. The van der Waals surface area contributed by atoms with Crippen molar-refractivity contribution in [3.8, 4) is 0 Å². The second-order valence-corrected chi connectivity index (χ2v) is 10.5. The lowest BCUT2D eigenvalue weighted by Gasteiger charge is -2.34. The molecule has 31 heavy (non-hydrogen) atoms. The van der Waals surface area contributed by atoms with E-state index in [-0.39, 0.29) is 23.0 Å². The van der Waals surface area contributed by atoms with Gasteiger partial charge in [0.2, 0.25) is 0 Å². The second-order valence-electron chi connectivity index (χ2n) is 9.38. The molecular formula is C24H29FN2O3S. The minimum absolute atomic E-state index is 0.0376. The number of thiophene rings is 1. The van der Waals surface area contributed by atoms with Crippen LogP contribution in [0.15, 0.2) is 24.3 Å². The van der Waals surface area contributed by atoms with Crippen molar-refractivity contribution in [2.75, 3.05) is 31.6 Å². The van der Waals surface area contributed by atoms with Crippen LogP contribution in [0.2, 0.25) is 0 Å². The number of ether oxygens (including phenoxy) is 1. The van der Waals surface area contributed by atoms with Crippen molar-refractivity contribution in [1.82, 2.24) is 4.90 Å². The molecule has 1 fully saturated rings. The van der Waals surface area contributed by atoms with Gasteiger partial charge < -0.3 is 15.0 Å². The molecular weight excluding hydrogens is 415 g/mol. The molecule has 1 aliphatic heterocycles. The molecule has 0 unspecified atom stereocenters. The summed E-state index contributed by atoms with van der Waals surface area (Å²) in [6.07, 6.45) is 2.78. The van der Waals surface area contributed by atoms with Gasteiger partial charge in [0, 0.05) is 23.5 Å². The van der Waals surface area contributed by atoms with Gasteiger partial charge in [-0.15, -0.1) is 11.3 Å². The number of nitrogens with one attached hydrogen (secondary N) is 1. The van der Waals surface area contributed by atoms with Crippen LogP contribution in [0.25, 0.3) is 0 Å². The van der Waals surface area contributed by atoms with Crippen molar-refractivity contribution >= 4 is 28.2 Å². The van der Waals surface area contributed by atoms with Crippen LogP contribution in [-0.4, -0.2) is 43.0 Å². The van der Waals surface area contributed by atoms with Gasteiger partial charge in [0.25, 0.3) is 11.8 Å². The lowest BCUT2D eigenvalue weighted by Crippen LogP contribution is -2.41. The molecule has 0 saturated carbocycles. The third-order valence-corrected chi connectivity index (χ3v) is 7.51. The summed E-state index contributed by atoms with van der Waals surface area (Å²) < 4.78 is 18.7. The minimum Gasteiger partial charge on any atom is -0.378 e. The molecule has 1 aromatic heterocycles. The first kappa shape index (κ1) is 22.0. The fraction of sp³-hybridized carbons (Fsp3) is 0.500. The zero-order valence-electron chi connectivity index (χ0n) is 18.3. The number of fused-ring (bicyclic) bond motifs is 1. The predicted molar refractivity (Wildman–Crippen MR) is 120 cm³/mol. The number of nitrogens with zero attached hydrogens (tertiary/aromatic N) is 1. The van der Waals surface area contributed by atoms with Crippen LogP contribution in [-0.2, 0) is 17.6 Å². The molecule has 1 aromatic carbocycles. The van der Waals surface area contributed by atoms with E-state index in [1.165, 1.54) is 40.5 Å². The van der Waals surface area contributed by atoms with Crippen LogP contribution < -0.4 is 5.32 Å². The van der Waals surface area contributed by atoms with Crippen LogP contribution in [0.5, 0.6) is 0 Å². The maximum atomic E-state index is 13.5. The van der Waals surface area contributed by atoms with Gasteiger partial charge in [-0.25, -0.2) is 4.39 Å². The summed E-state index contributed by atoms with van der Waals surface area (Å²) in [5.74, 6) is -0.225. The molecule has 1 N–H and O–H groups in total. The van der Waals surface area contributed by atoms with Crippen molar-refractivity contribution < 1.29 is 18.7 Å². The highest BCUT2D eigenvalue weighted by Crippen LogP contribution is 2.44. The van der Waals surface area contributed by atoms with Gasteiger partial charge in [0.15, 0.2) is 0 Å². The molecule has 7 heteroatoms. The number of hydrogen-bond donors (Lipinski definition) is 1. The third kappa shape index (κ3) is 4.67. The first-order valence-corrected chi connectivity index (χ1v) is 11.6. The number of anilines is 1. The number of carbonyl (C=O) groups excluding carboxylic acids is 2. The Kier molecular flexibility index (Phi) is 6.17. The van der Waals surface area contributed by atoms with Crippen LogP contribution in [0.3, 0.4) is 0 Å². The van der Waals surface area contributed by atoms with Crippen LogP contribution in [0, 0.1) is 17.2 Å². The Bertz CT molecular complexity index is 972. The smallest absolute Gasteiger partial charge is 0.257 e. The van der Waals surface area contributed by atoms with E-state index in [9.17, 15) is 14.0 Å². The highest BCUT2D eigenvalue weighted by Gasteiger charge is 2.35. The number of morpholine rings is 1. The summed E-state index contributed by atoms with van der Waals surface area (Å²) in [5.41, 5.74) is 2.26. The van der Waals surface area contributed by atoms with Gasteiger partial charge in [-0.1, -0.05) is 20.8 Å². The largest absolute Gasteiger partial charge is 0.378 e. The predicted octanol–water partition coefficient (Wildman–Crippen LogP) is 4.76. The average molecular weight is 445 g/mol. The zero-order valence-corrected chi connectivity index (χ0v) is 19.1. The van der Waals surface area contributed by atoms with E-state index in [1.807, 2.05) is 4.90 Å². The van der Waals surface area contributed by atoms with Crippen LogP contribution in [0.4, 0.5) is 9.39 Å². The molecule has 2 heterocycles. The van der Waals surface area contributed by atoms with E-state index in [0.717, 1.165) is 24.8 Å². The molecule has 2 amide bonds. The SMILES string of the molecule is CC(C)(C)[C@H]1CCc2c(sc(NC(=O)c3ccc(F)cc3)c2C(=O)N2CCOCC2)C1. The number of amides is 2. The molecule has 5 nitrogen and oxygen atoms in total. The van der Waals surface area contributed by atoms with E-state index in [2.05, 4.69) is 26.1 Å². The molecule has 0 radical (unpaired) electrons. The lowest BCUT2D eigenvalue weighted by molar-refractivity contribution is 0.0303. The number of rotatable bonds is 3. The fourth-order valence-corrected chi connectivity index (χ4v) is 5.66. The Balaban J connectivity index is 1.67. The van der Waals surface area contributed by atoms with E-state index >= 15 is 0 Å². The van der Waals surface area contributed by atoms with Crippen molar-refractivity contribution in [3.05, 3.63) is 51.7 Å². The Morgan fingerprint density at radius 2 is 1.84 bits per heavy atom. The summed E-state index contributed by atoms with van der Waals surface area (Å²) in [4.78, 5) is 29.3. The van der Waals surface area contributed by atoms with E-state index < -0.39 is 0 Å². The molecule has 166 valence electrons. The summed E-state index contributed by atoms with van der Waals surface area (Å²) >= 11 is 1.52. The molecule has 1 atom stereocenters. The Hall–Kier alpha value is -2.25. The first-order valence-electron chi connectivity index (χ1n) is 10.8. The van der Waals surface area contributed by atoms with Gasteiger partial charge in [-0.05, 0) is 60.4 Å². The second kappa shape index (κ2) is 8.71. The molecule has 2 aliphatic rings. The number of carbonyl (C=O) groups is 2. The summed E-state index contributed by atoms with van der Waals surface area (Å²) in [5, 5.41) is 3.56. The van der Waals surface area contributed by atoms with E-state index in [4.69, 9.17) is 4.74 Å². The van der Waals surface area contributed by atoms with Crippen molar-refractivity contribution in [1.29, 1.82) is 0 Å². The molecule has 1 saturated heterocycles. The third-order valence-electron chi connectivity index (χ3n) is 6.34. The van der Waals surface area contributed by atoms with Crippen molar-refractivity contribution in [2.24, 2.45) is 11.3 Å². The number of halogens is 1. The van der Waals surface area contributed by atoms with Gasteiger partial charge in [-0.2, -0.15) is 0 Å². The molecule has 1 aliphatic carbocycles. The fourth-order valence-electron chi connectivity index (χ4n) is 4.34. The summed E-state index contributed by atoms with van der Waals surface area (Å²) in [7, 11) is 0. The first-order chi connectivity index (χ1) is 14.7. The summed E-state index contributed by atoms with van der Waals surface area (Å²) in [6.45, 7) is 8.94. The molecule has 2 aromatic rings. The van der Waals surface area contributed by atoms with Crippen LogP contribution in [0.1, 0.15) is 58.3 Å². The maximum absolute atomic E-state index is 13.5. The Labute approximate surface area is 186 Å². The average Bonchev–Trinajstić information content (AvgIpc) is 3.10. The standard InChI is InChI=1S/C24H29FN2O3S/c1-24(2,3)16-6-9-18-19(14-16)31-22(20(18)23(29)27-10-12-30-13-11-27)26-21(28)15-4-7-17(25)8-5-15/h4-5,7-8,16H,6,9-14H2,1-3H3,(H,26,28)/t16-/m0/s1. The van der Waals surface area contributed by atoms with Crippen molar-refractivity contribution in [2.45, 2.75) is 40.0 Å². The van der Waals surface area contributed by atoms with E-state index in [1.54, 1.807) is 0 Å². The van der Waals surface area contributed by atoms with Gasteiger partial charge in [0.1, 0.15) is 10.8 Å². The monoisotopic (exact) mass is 444 g/mol. The Morgan fingerprint density at radius 1 is 1.16 bits per heavy atom. The number of hydrogen-bond acceptors (Lipinski definition) is 4. The molecule has 4 rings (SSSR count). The number of benzene rings is 1. The Morgan fingerprint density at radius 3 is 2.48 bits per heavy atom. The topological polar surface area (TPSA) is 58.6 Å². The summed E-state index contributed by atoms with van der Waals surface area (Å²) in [6, 6.07) is 5.44. The van der Waals surface area contributed by atoms with E-state index in [0.29, 0.717) is 48.3 Å². The maximum Gasteiger partial charge on any atom is 0.257 e. The minimum atomic E-state index is -0.389. The quantitative estimate of drug-likeness (QED) is 0.742. The highest BCUT2D eigenvalue weighted by atomic mass is 32.1. The van der Waals surface area contributed by atoms with Gasteiger partial charge in [-0.3, -0.25) is 9.59 Å². The van der Waals surface area contributed by atoms with Crippen molar-refractivity contribution in [3.63, 3.8) is 0 Å². The molecule has 0 bridgehead atoms. The lowest BCUT2D eigenvalue weighted by atomic mass is 9.72. The highest BCUT2D eigenvalue weighted by molar-refractivity contribution is 7.17. The van der Waals surface area contributed by atoms with Crippen LogP contribution >= 0.6 is 11.3 Å². The van der Waals surface area contributed by atoms with Gasteiger partial charge >= 0.3 is 0 Å². The van der Waals surface area contributed by atoms with Gasteiger partial charge in [0.05, 0.1) is 18.8 Å².